The van der Waals surface area contributed by atoms with Crippen molar-refractivity contribution in [3.05, 3.63) is 42.5 Å². The van der Waals surface area contributed by atoms with Crippen molar-refractivity contribution in [2.45, 2.75) is 31.2 Å². The number of allylic oxidation sites excluding steroid dienone is 1. The van der Waals surface area contributed by atoms with Gasteiger partial charge in [0.2, 0.25) is 0 Å². The summed E-state index contributed by atoms with van der Waals surface area (Å²) in [4.78, 5) is 11.7. The summed E-state index contributed by atoms with van der Waals surface area (Å²) in [5, 5.41) is 11.2. The Kier molecular flexibility index (Phi) is 6.49. The van der Waals surface area contributed by atoms with E-state index in [9.17, 15) is 9.90 Å². The van der Waals surface area contributed by atoms with Crippen LogP contribution in [0.3, 0.4) is 0 Å². The fourth-order valence-corrected chi connectivity index (χ4v) is 4.51. The first kappa shape index (κ1) is 16.3. The van der Waals surface area contributed by atoms with Gasteiger partial charge in [-0.2, -0.15) is 0 Å². The summed E-state index contributed by atoms with van der Waals surface area (Å²) in [6.07, 6.45) is 4.77. The number of aliphatic hydroxyl groups is 1. The summed E-state index contributed by atoms with van der Waals surface area (Å²) in [7, 11) is 0. The van der Waals surface area contributed by atoms with E-state index < -0.39 is 6.10 Å². The van der Waals surface area contributed by atoms with E-state index in [1.807, 2.05) is 13.0 Å². The van der Waals surface area contributed by atoms with Crippen molar-refractivity contribution >= 4 is 25.4 Å². The SMILES string of the molecule is C/C=C/[C@@H](O)[C@H]1C(=O)OC[C@@H]1CCC[Se]c1ccccc1. The molecule has 0 aromatic heterocycles. The van der Waals surface area contributed by atoms with Gasteiger partial charge in [-0.15, -0.1) is 0 Å². The molecule has 1 N–H and O–H groups in total. The van der Waals surface area contributed by atoms with Crippen molar-refractivity contribution in [1.82, 2.24) is 0 Å². The second-order valence-electron chi connectivity index (χ2n) is 5.24. The molecule has 0 saturated carbocycles. The average molecular weight is 353 g/mol. The van der Waals surface area contributed by atoms with Gasteiger partial charge in [0, 0.05) is 0 Å². The van der Waals surface area contributed by atoms with Gasteiger partial charge < -0.3 is 0 Å². The third-order valence-corrected chi connectivity index (χ3v) is 6.01. The number of carbonyl (C=O) groups excluding carboxylic acids is 1. The predicted molar refractivity (Wildman–Crippen MR) is 84.6 cm³/mol. The molecule has 1 heterocycles. The van der Waals surface area contributed by atoms with E-state index >= 15 is 0 Å². The quantitative estimate of drug-likeness (QED) is 0.353. The van der Waals surface area contributed by atoms with E-state index in [1.54, 1.807) is 12.2 Å². The Bertz CT molecular complexity index is 472. The molecule has 2 rings (SSSR count). The monoisotopic (exact) mass is 354 g/mol. The zero-order valence-corrected chi connectivity index (χ0v) is 14.0. The van der Waals surface area contributed by atoms with E-state index in [1.165, 1.54) is 4.46 Å². The molecule has 1 aliphatic heterocycles. The normalized spacial score (nSPS) is 23.4. The van der Waals surface area contributed by atoms with Gasteiger partial charge in [-0.1, -0.05) is 0 Å². The van der Waals surface area contributed by atoms with Crippen LogP contribution in [-0.2, 0) is 9.53 Å². The number of benzene rings is 1. The van der Waals surface area contributed by atoms with Crippen LogP contribution in [0.5, 0.6) is 0 Å². The Morgan fingerprint density at radius 2 is 2.19 bits per heavy atom. The standard InChI is InChI=1S/C17H22O3Se/c1-2-7-15(18)16-13(12-20-17(16)19)8-6-11-21-14-9-4-3-5-10-14/h2-5,7,9-10,13,15-16,18H,6,8,11-12H2,1H3/b7-2+/t13-,15+,16-/m0/s1. The number of rotatable bonds is 7. The van der Waals surface area contributed by atoms with Crippen LogP contribution in [-0.4, -0.2) is 38.7 Å². The Hall–Kier alpha value is -1.09. The molecule has 114 valence electrons. The van der Waals surface area contributed by atoms with Crippen LogP contribution in [0.2, 0.25) is 5.32 Å². The number of ether oxygens (including phenoxy) is 1. The summed E-state index contributed by atoms with van der Waals surface area (Å²) < 4.78 is 6.54. The first-order valence-electron chi connectivity index (χ1n) is 7.37. The molecule has 0 aliphatic carbocycles. The minimum absolute atomic E-state index is 0.148. The van der Waals surface area contributed by atoms with Crippen molar-refractivity contribution in [2.75, 3.05) is 6.61 Å². The number of aliphatic hydroxyl groups excluding tert-OH is 1. The average Bonchev–Trinajstić information content (AvgIpc) is 2.86. The first-order chi connectivity index (χ1) is 10.2. The van der Waals surface area contributed by atoms with E-state index in [4.69, 9.17) is 4.74 Å². The molecule has 1 fully saturated rings. The molecule has 4 heteroatoms. The van der Waals surface area contributed by atoms with E-state index in [2.05, 4.69) is 24.3 Å². The van der Waals surface area contributed by atoms with Gasteiger partial charge in [-0.05, 0) is 0 Å². The number of esters is 1. The topological polar surface area (TPSA) is 46.5 Å². The van der Waals surface area contributed by atoms with Crippen molar-refractivity contribution in [2.24, 2.45) is 11.8 Å². The minimum atomic E-state index is -0.713. The fourth-order valence-electron chi connectivity index (χ4n) is 2.63. The Morgan fingerprint density at radius 3 is 2.90 bits per heavy atom. The van der Waals surface area contributed by atoms with Crippen LogP contribution in [0, 0.1) is 11.8 Å². The third-order valence-electron chi connectivity index (χ3n) is 3.71. The molecule has 0 radical (unpaired) electrons. The van der Waals surface area contributed by atoms with Crippen LogP contribution < -0.4 is 4.46 Å². The van der Waals surface area contributed by atoms with Crippen molar-refractivity contribution < 1.29 is 14.6 Å². The van der Waals surface area contributed by atoms with Crippen LogP contribution in [0.4, 0.5) is 0 Å². The second-order valence-corrected chi connectivity index (χ2v) is 7.69. The summed E-state index contributed by atoms with van der Waals surface area (Å²) in [6, 6.07) is 10.5. The second kappa shape index (κ2) is 8.38. The molecule has 3 atom stereocenters. The third kappa shape index (κ3) is 4.70. The molecular weight excluding hydrogens is 331 g/mol. The van der Waals surface area contributed by atoms with E-state index in [0.717, 1.165) is 18.2 Å². The Labute approximate surface area is 132 Å². The molecule has 3 nitrogen and oxygen atoms in total. The van der Waals surface area contributed by atoms with E-state index in [-0.39, 0.29) is 17.8 Å². The van der Waals surface area contributed by atoms with Crippen LogP contribution in [0.1, 0.15) is 19.8 Å². The summed E-state index contributed by atoms with van der Waals surface area (Å²) in [5.41, 5.74) is 0. The van der Waals surface area contributed by atoms with Crippen molar-refractivity contribution in [3.63, 3.8) is 0 Å². The molecule has 0 amide bonds. The van der Waals surface area contributed by atoms with Crippen LogP contribution in [0.25, 0.3) is 0 Å². The molecule has 0 bridgehead atoms. The summed E-state index contributed by atoms with van der Waals surface area (Å²) >= 11 is 0.488. The number of hydrogen-bond donors (Lipinski definition) is 1. The summed E-state index contributed by atoms with van der Waals surface area (Å²) in [5.74, 6) is -0.486. The van der Waals surface area contributed by atoms with Gasteiger partial charge in [-0.25, -0.2) is 0 Å². The maximum absolute atomic E-state index is 11.7. The molecular formula is C17H22O3Se. The van der Waals surface area contributed by atoms with Crippen LogP contribution in [0.15, 0.2) is 42.5 Å². The van der Waals surface area contributed by atoms with E-state index in [0.29, 0.717) is 21.6 Å². The molecule has 0 spiro atoms. The molecule has 0 unspecified atom stereocenters. The predicted octanol–water partition coefficient (Wildman–Crippen LogP) is 1.94. The molecule has 1 aliphatic rings. The molecule has 1 saturated heterocycles. The Morgan fingerprint density at radius 1 is 1.43 bits per heavy atom. The zero-order chi connectivity index (χ0) is 15.1. The van der Waals surface area contributed by atoms with Gasteiger partial charge in [0.1, 0.15) is 0 Å². The maximum atomic E-state index is 11.7. The Balaban J connectivity index is 1.78. The molecule has 1 aromatic rings. The molecule has 1 aromatic carbocycles. The number of cyclic esters (lactones) is 1. The fraction of sp³-hybridized carbons (Fsp3) is 0.471. The molecule has 21 heavy (non-hydrogen) atoms. The van der Waals surface area contributed by atoms with Gasteiger partial charge in [-0.3, -0.25) is 0 Å². The van der Waals surface area contributed by atoms with Crippen molar-refractivity contribution in [1.29, 1.82) is 0 Å². The van der Waals surface area contributed by atoms with Crippen LogP contribution >= 0.6 is 0 Å². The number of hydrogen-bond acceptors (Lipinski definition) is 3. The van der Waals surface area contributed by atoms with Crippen molar-refractivity contribution in [3.8, 4) is 0 Å². The van der Waals surface area contributed by atoms with Gasteiger partial charge in [0.25, 0.3) is 0 Å². The zero-order valence-electron chi connectivity index (χ0n) is 12.3. The van der Waals surface area contributed by atoms with Gasteiger partial charge >= 0.3 is 132 Å². The summed E-state index contributed by atoms with van der Waals surface area (Å²) in [6.45, 7) is 2.30. The number of carbonyl (C=O) groups is 1. The first-order valence-corrected chi connectivity index (χ1v) is 9.44. The van der Waals surface area contributed by atoms with Gasteiger partial charge in [0.15, 0.2) is 0 Å². The van der Waals surface area contributed by atoms with Gasteiger partial charge in [0.05, 0.1) is 0 Å².